The molecule has 3 rings (SSSR count). The maximum Gasteiger partial charge on any atom is 0.191 e. The summed E-state index contributed by atoms with van der Waals surface area (Å²) in [6.07, 6.45) is 0. The number of hydrogen-bond acceptors (Lipinski definition) is 5. The van der Waals surface area contributed by atoms with Gasteiger partial charge in [0, 0.05) is 26.2 Å². The van der Waals surface area contributed by atoms with Crippen LogP contribution >= 0.6 is 24.0 Å². The van der Waals surface area contributed by atoms with E-state index >= 15 is 0 Å². The minimum absolute atomic E-state index is 0. The molecule has 2 aromatic rings. The smallest absolute Gasteiger partial charge is 0.191 e. The predicted octanol–water partition coefficient (Wildman–Crippen LogP) is 3.76. The molecule has 0 bridgehead atoms. The molecule has 1 aliphatic heterocycles. The molecular weight excluding hydrogens is 531 g/mol. The van der Waals surface area contributed by atoms with Gasteiger partial charge in [-0.25, -0.2) is 4.99 Å². The van der Waals surface area contributed by atoms with E-state index in [1.165, 1.54) is 11.1 Å². The van der Waals surface area contributed by atoms with E-state index in [0.29, 0.717) is 6.54 Å². The van der Waals surface area contributed by atoms with E-state index in [9.17, 15) is 0 Å². The molecule has 1 unspecified atom stereocenters. The maximum atomic E-state index is 5.57. The second-order valence-corrected chi connectivity index (χ2v) is 7.87. The lowest BCUT2D eigenvalue weighted by molar-refractivity contribution is 0.0170. The van der Waals surface area contributed by atoms with E-state index in [0.717, 1.165) is 62.4 Å². The van der Waals surface area contributed by atoms with Crippen LogP contribution in [0.1, 0.15) is 29.7 Å². The lowest BCUT2D eigenvalue weighted by atomic mass is 10.0. The largest absolute Gasteiger partial charge is 0.497 e. The lowest BCUT2D eigenvalue weighted by Gasteiger charge is -2.35. The van der Waals surface area contributed by atoms with Crippen molar-refractivity contribution < 1.29 is 14.2 Å². The molecule has 182 valence electrons. The molecule has 0 saturated carbocycles. The molecule has 2 N–H and O–H groups in total. The van der Waals surface area contributed by atoms with Crippen LogP contribution in [0.5, 0.6) is 11.5 Å². The minimum Gasteiger partial charge on any atom is -0.497 e. The Kier molecular flexibility index (Phi) is 11.8. The normalized spacial score (nSPS) is 15.3. The lowest BCUT2D eigenvalue weighted by Crippen LogP contribution is -2.46. The van der Waals surface area contributed by atoms with Gasteiger partial charge < -0.3 is 24.8 Å². The van der Waals surface area contributed by atoms with Crippen molar-refractivity contribution >= 4 is 29.9 Å². The molecule has 8 heteroatoms. The molecule has 1 saturated heterocycles. The van der Waals surface area contributed by atoms with Crippen LogP contribution in [-0.4, -0.2) is 64.5 Å². The van der Waals surface area contributed by atoms with Gasteiger partial charge in [0.15, 0.2) is 5.96 Å². The number of morpholine rings is 1. The summed E-state index contributed by atoms with van der Waals surface area (Å²) in [6, 6.07) is 14.7. The molecule has 1 heterocycles. The minimum atomic E-state index is 0. The second-order valence-electron chi connectivity index (χ2n) is 7.87. The molecule has 1 atom stereocenters. The van der Waals surface area contributed by atoms with Crippen LogP contribution < -0.4 is 20.1 Å². The number of guanidine groups is 1. The standard InChI is InChI=1S/C25H36N4O3.HI/c1-5-26-25(27-17-20-14-19(2)15-23(16-20)31-4)28-18-24(29-10-12-32-13-11-29)21-6-8-22(30-3)9-7-21;/h6-9,14-16,24H,5,10-13,17-18H2,1-4H3,(H2,26,27,28);1H. The van der Waals surface area contributed by atoms with Gasteiger partial charge in [-0.1, -0.05) is 18.2 Å². The van der Waals surface area contributed by atoms with E-state index in [2.05, 4.69) is 47.6 Å². The molecule has 0 aliphatic carbocycles. The summed E-state index contributed by atoms with van der Waals surface area (Å²) in [5, 5.41) is 6.92. The van der Waals surface area contributed by atoms with Gasteiger partial charge in [-0.05, 0) is 54.8 Å². The van der Waals surface area contributed by atoms with Crippen molar-refractivity contribution in [3.05, 3.63) is 59.2 Å². The fourth-order valence-corrected chi connectivity index (χ4v) is 3.91. The number of rotatable bonds is 9. The van der Waals surface area contributed by atoms with Crippen LogP contribution in [0.4, 0.5) is 0 Å². The molecule has 0 spiro atoms. The number of benzene rings is 2. The Morgan fingerprint density at radius 1 is 1.03 bits per heavy atom. The summed E-state index contributed by atoms with van der Waals surface area (Å²) >= 11 is 0. The average molecular weight is 569 g/mol. The summed E-state index contributed by atoms with van der Waals surface area (Å²) < 4.78 is 16.3. The van der Waals surface area contributed by atoms with Gasteiger partial charge in [-0.15, -0.1) is 24.0 Å². The summed E-state index contributed by atoms with van der Waals surface area (Å²) in [5.74, 6) is 2.53. The number of halogens is 1. The molecule has 0 radical (unpaired) electrons. The summed E-state index contributed by atoms with van der Waals surface area (Å²) in [6.45, 7) is 9.62. The quantitative estimate of drug-likeness (QED) is 0.273. The highest BCUT2D eigenvalue weighted by Gasteiger charge is 2.23. The Hall–Kier alpha value is -2.04. The molecular formula is C25H37IN4O3. The third kappa shape index (κ3) is 8.35. The topological polar surface area (TPSA) is 67.4 Å². The zero-order valence-electron chi connectivity index (χ0n) is 20.1. The zero-order chi connectivity index (χ0) is 22.8. The highest BCUT2D eigenvalue weighted by atomic mass is 127. The van der Waals surface area contributed by atoms with Gasteiger partial charge in [0.1, 0.15) is 11.5 Å². The van der Waals surface area contributed by atoms with Crippen molar-refractivity contribution in [1.82, 2.24) is 15.5 Å². The van der Waals surface area contributed by atoms with Gasteiger partial charge in [-0.3, -0.25) is 4.90 Å². The van der Waals surface area contributed by atoms with Crippen molar-refractivity contribution in [2.45, 2.75) is 26.4 Å². The predicted molar refractivity (Wildman–Crippen MR) is 144 cm³/mol. The highest BCUT2D eigenvalue weighted by Crippen LogP contribution is 2.24. The van der Waals surface area contributed by atoms with E-state index in [-0.39, 0.29) is 30.0 Å². The van der Waals surface area contributed by atoms with Gasteiger partial charge >= 0.3 is 0 Å². The van der Waals surface area contributed by atoms with Crippen LogP contribution in [0, 0.1) is 6.92 Å². The number of aliphatic imine (C=N–C) groups is 1. The molecule has 1 fully saturated rings. The molecule has 0 aromatic heterocycles. The number of hydrogen-bond donors (Lipinski definition) is 2. The summed E-state index contributed by atoms with van der Waals surface area (Å²) in [4.78, 5) is 7.28. The fraction of sp³-hybridized carbons (Fsp3) is 0.480. The van der Waals surface area contributed by atoms with E-state index in [1.54, 1.807) is 14.2 Å². The van der Waals surface area contributed by atoms with Crippen LogP contribution in [0.15, 0.2) is 47.5 Å². The Balaban J connectivity index is 0.00000385. The Morgan fingerprint density at radius 2 is 1.73 bits per heavy atom. The number of nitrogens with zero attached hydrogens (tertiary/aromatic N) is 2. The van der Waals surface area contributed by atoms with Crippen molar-refractivity contribution in [1.29, 1.82) is 0 Å². The van der Waals surface area contributed by atoms with Crippen LogP contribution in [-0.2, 0) is 11.3 Å². The first-order valence-electron chi connectivity index (χ1n) is 11.3. The van der Waals surface area contributed by atoms with E-state index in [1.807, 2.05) is 24.3 Å². The first kappa shape index (κ1) is 27.2. The maximum absolute atomic E-state index is 5.57. The van der Waals surface area contributed by atoms with Gasteiger partial charge in [0.2, 0.25) is 0 Å². The van der Waals surface area contributed by atoms with E-state index in [4.69, 9.17) is 19.2 Å². The van der Waals surface area contributed by atoms with Crippen LogP contribution in [0.3, 0.4) is 0 Å². The monoisotopic (exact) mass is 568 g/mol. The Morgan fingerprint density at radius 3 is 2.36 bits per heavy atom. The first-order chi connectivity index (χ1) is 15.6. The zero-order valence-corrected chi connectivity index (χ0v) is 22.4. The molecule has 7 nitrogen and oxygen atoms in total. The number of aryl methyl sites for hydroxylation is 1. The highest BCUT2D eigenvalue weighted by molar-refractivity contribution is 14.0. The van der Waals surface area contributed by atoms with Gasteiger partial charge in [0.05, 0.1) is 40.0 Å². The van der Waals surface area contributed by atoms with E-state index < -0.39 is 0 Å². The number of methoxy groups -OCH3 is 2. The van der Waals surface area contributed by atoms with Gasteiger partial charge in [-0.2, -0.15) is 0 Å². The molecule has 33 heavy (non-hydrogen) atoms. The van der Waals surface area contributed by atoms with Crippen molar-refractivity contribution in [3.63, 3.8) is 0 Å². The van der Waals surface area contributed by atoms with Crippen LogP contribution in [0.2, 0.25) is 0 Å². The molecule has 1 aliphatic rings. The Labute approximate surface area is 214 Å². The number of ether oxygens (including phenoxy) is 3. The third-order valence-corrected chi connectivity index (χ3v) is 5.56. The molecule has 2 aromatic carbocycles. The SMILES string of the molecule is CCNC(=NCc1cc(C)cc(OC)c1)NCC(c1ccc(OC)cc1)N1CCOCC1.I. The van der Waals surface area contributed by atoms with Crippen LogP contribution in [0.25, 0.3) is 0 Å². The summed E-state index contributed by atoms with van der Waals surface area (Å²) in [7, 11) is 3.39. The fourth-order valence-electron chi connectivity index (χ4n) is 3.91. The second kappa shape index (κ2) is 14.3. The number of nitrogens with one attached hydrogen (secondary N) is 2. The van der Waals surface area contributed by atoms with Crippen molar-refractivity contribution in [2.24, 2.45) is 4.99 Å². The molecule has 0 amide bonds. The van der Waals surface area contributed by atoms with Gasteiger partial charge in [0.25, 0.3) is 0 Å². The van der Waals surface area contributed by atoms with Crippen molar-refractivity contribution in [2.75, 3.05) is 53.6 Å². The first-order valence-corrected chi connectivity index (χ1v) is 11.3. The Bertz CT molecular complexity index is 870. The third-order valence-electron chi connectivity index (χ3n) is 5.56. The van der Waals surface area contributed by atoms with Crippen molar-refractivity contribution in [3.8, 4) is 11.5 Å². The average Bonchev–Trinajstić information content (AvgIpc) is 2.83. The summed E-state index contributed by atoms with van der Waals surface area (Å²) in [5.41, 5.74) is 3.54.